The first kappa shape index (κ1) is 33.3. The molecule has 2 saturated heterocycles. The minimum atomic E-state index is -1.42. The number of amides is 1. The van der Waals surface area contributed by atoms with Crippen molar-refractivity contribution < 1.29 is 49.6 Å². The monoisotopic (exact) mass is 550 g/mol. The second kappa shape index (κ2) is 13.6. The summed E-state index contributed by atoms with van der Waals surface area (Å²) in [4.78, 5) is 12.0. The maximum atomic E-state index is 12.0. The van der Waals surface area contributed by atoms with Crippen LogP contribution in [0.1, 0.15) is 67.7 Å². The molecule has 12 nitrogen and oxygen atoms in total. The number of carbonyl (C=O) groups is 1. The van der Waals surface area contributed by atoms with Crippen molar-refractivity contribution in [1.29, 1.82) is 0 Å². The topological polar surface area (TPSA) is 190 Å². The van der Waals surface area contributed by atoms with Gasteiger partial charge in [-0.3, -0.25) is 4.79 Å². The SMILES string of the molecule is CCCC(C)(OC1C(CO)OC(C(C)(O)CC)C(NC(C)=O)C1O)C1OC(CO)C(O)C(O)C1NC(C)C. The molecule has 0 saturated carbocycles. The predicted octanol–water partition coefficient (Wildman–Crippen LogP) is -1.44. The number of carbonyl (C=O) groups excluding carboxylic acids is 1. The molecule has 2 heterocycles. The van der Waals surface area contributed by atoms with Crippen molar-refractivity contribution in [3.05, 3.63) is 0 Å². The normalized spacial score (nSPS) is 39.4. The molecule has 0 radical (unpaired) electrons. The number of nitrogens with one attached hydrogen (secondary N) is 2. The average Bonchev–Trinajstić information content (AvgIpc) is 2.84. The Bertz CT molecular complexity index is 756. The molecular formula is C26H50N2O10. The maximum absolute atomic E-state index is 12.0. The lowest BCUT2D eigenvalue weighted by molar-refractivity contribution is -0.300. The predicted molar refractivity (Wildman–Crippen MR) is 138 cm³/mol. The molecule has 0 aromatic carbocycles. The van der Waals surface area contributed by atoms with Crippen molar-refractivity contribution in [2.75, 3.05) is 13.2 Å². The average molecular weight is 551 g/mol. The standard InChI is InChI=1S/C26H50N2O10/c1-8-10-26(7,24-17(27-13(3)4)20(33)19(32)15(11-29)36-24)38-22-16(12-30)37-23(25(6,35)9-2)18(21(22)34)28-14(5)31/h13,15-24,27,29-30,32-35H,8-12H2,1-7H3,(H,28,31). The molecule has 2 aliphatic heterocycles. The molecule has 38 heavy (non-hydrogen) atoms. The minimum Gasteiger partial charge on any atom is -0.394 e. The highest BCUT2D eigenvalue weighted by Gasteiger charge is 2.57. The van der Waals surface area contributed by atoms with Gasteiger partial charge in [0.25, 0.3) is 0 Å². The second-order valence-corrected chi connectivity index (χ2v) is 11.5. The third-order valence-electron chi connectivity index (χ3n) is 7.80. The quantitative estimate of drug-likeness (QED) is 0.142. The second-order valence-electron chi connectivity index (χ2n) is 11.5. The Kier molecular flexibility index (Phi) is 11.9. The molecule has 0 aromatic rings. The molecule has 0 spiro atoms. The third kappa shape index (κ3) is 7.22. The Hall–Kier alpha value is -0.930. The molecule has 0 aromatic heterocycles. The Labute approximate surface area is 225 Å². The van der Waals surface area contributed by atoms with Gasteiger partial charge in [0, 0.05) is 13.0 Å². The zero-order valence-electron chi connectivity index (χ0n) is 23.7. The Morgan fingerprint density at radius 3 is 2.00 bits per heavy atom. The lowest BCUT2D eigenvalue weighted by Gasteiger charge is -2.54. The molecule has 224 valence electrons. The van der Waals surface area contributed by atoms with E-state index in [1.165, 1.54) is 13.8 Å². The Morgan fingerprint density at radius 2 is 1.53 bits per heavy atom. The van der Waals surface area contributed by atoms with Crippen LogP contribution < -0.4 is 10.6 Å². The van der Waals surface area contributed by atoms with Gasteiger partial charge in [0.05, 0.1) is 36.5 Å². The van der Waals surface area contributed by atoms with Crippen molar-refractivity contribution in [1.82, 2.24) is 10.6 Å². The van der Waals surface area contributed by atoms with Crippen LogP contribution in [0.2, 0.25) is 0 Å². The molecule has 8 N–H and O–H groups in total. The molecule has 0 aliphatic carbocycles. The van der Waals surface area contributed by atoms with E-state index in [4.69, 9.17) is 14.2 Å². The maximum Gasteiger partial charge on any atom is 0.217 e. The van der Waals surface area contributed by atoms with Crippen LogP contribution in [0.4, 0.5) is 0 Å². The molecule has 1 amide bonds. The summed E-state index contributed by atoms with van der Waals surface area (Å²) in [5.41, 5.74) is -2.63. The van der Waals surface area contributed by atoms with Crippen LogP contribution in [0, 0.1) is 0 Å². The van der Waals surface area contributed by atoms with Gasteiger partial charge >= 0.3 is 0 Å². The summed E-state index contributed by atoms with van der Waals surface area (Å²) in [5, 5.41) is 70.0. The lowest BCUT2D eigenvalue weighted by atomic mass is 9.79. The molecule has 2 rings (SSSR count). The van der Waals surface area contributed by atoms with Crippen LogP contribution in [0.3, 0.4) is 0 Å². The number of aliphatic hydroxyl groups is 6. The van der Waals surface area contributed by atoms with Gasteiger partial charge in [0.15, 0.2) is 0 Å². The van der Waals surface area contributed by atoms with E-state index in [-0.39, 0.29) is 12.5 Å². The van der Waals surface area contributed by atoms with Crippen molar-refractivity contribution in [3.63, 3.8) is 0 Å². The minimum absolute atomic E-state index is 0.0977. The summed E-state index contributed by atoms with van der Waals surface area (Å²) in [6.07, 6.45) is -7.94. The molecule has 12 unspecified atom stereocenters. The molecule has 0 bridgehead atoms. The van der Waals surface area contributed by atoms with Crippen LogP contribution in [-0.4, -0.2) is 128 Å². The molecule has 2 aliphatic rings. The number of ether oxygens (including phenoxy) is 3. The molecule has 12 atom stereocenters. The van der Waals surface area contributed by atoms with Gasteiger partial charge in [-0.25, -0.2) is 0 Å². The van der Waals surface area contributed by atoms with E-state index in [0.717, 1.165) is 0 Å². The summed E-state index contributed by atoms with van der Waals surface area (Å²) in [6.45, 7) is 10.9. The zero-order chi connectivity index (χ0) is 29.0. The number of hydrogen-bond acceptors (Lipinski definition) is 11. The van der Waals surface area contributed by atoms with Crippen molar-refractivity contribution in [2.45, 2.75) is 146 Å². The highest BCUT2D eigenvalue weighted by Crippen LogP contribution is 2.39. The summed E-state index contributed by atoms with van der Waals surface area (Å²) in [6, 6.07) is -1.94. The number of aliphatic hydroxyl groups excluding tert-OH is 5. The first-order valence-corrected chi connectivity index (χ1v) is 13.7. The van der Waals surface area contributed by atoms with E-state index >= 15 is 0 Å². The van der Waals surface area contributed by atoms with E-state index in [2.05, 4.69) is 10.6 Å². The zero-order valence-corrected chi connectivity index (χ0v) is 23.7. The molecular weight excluding hydrogens is 500 g/mol. The van der Waals surface area contributed by atoms with Gasteiger partial charge in [-0.1, -0.05) is 34.1 Å². The van der Waals surface area contributed by atoms with Crippen molar-refractivity contribution in [2.24, 2.45) is 0 Å². The highest BCUT2D eigenvalue weighted by molar-refractivity contribution is 5.73. The highest BCUT2D eigenvalue weighted by atomic mass is 16.6. The molecule has 12 heteroatoms. The Morgan fingerprint density at radius 1 is 0.947 bits per heavy atom. The van der Waals surface area contributed by atoms with Crippen molar-refractivity contribution in [3.8, 4) is 0 Å². The fraction of sp³-hybridized carbons (Fsp3) is 0.962. The number of hydrogen-bond donors (Lipinski definition) is 8. The first-order valence-electron chi connectivity index (χ1n) is 13.7. The van der Waals surface area contributed by atoms with Gasteiger partial charge < -0.3 is 55.5 Å². The van der Waals surface area contributed by atoms with E-state index in [9.17, 15) is 35.4 Å². The smallest absolute Gasteiger partial charge is 0.217 e. The van der Waals surface area contributed by atoms with Crippen molar-refractivity contribution >= 4 is 5.91 Å². The van der Waals surface area contributed by atoms with Gasteiger partial charge in [-0.2, -0.15) is 0 Å². The Balaban J connectivity index is 2.51. The number of rotatable bonds is 12. The van der Waals surface area contributed by atoms with Gasteiger partial charge in [0.1, 0.15) is 48.8 Å². The molecule has 2 fully saturated rings. The van der Waals surface area contributed by atoms with Crippen LogP contribution in [0.25, 0.3) is 0 Å². The summed E-state index contributed by atoms with van der Waals surface area (Å²) in [5.74, 6) is -0.438. The van der Waals surface area contributed by atoms with Crippen LogP contribution in [0.15, 0.2) is 0 Å². The van der Waals surface area contributed by atoms with E-state index in [1.54, 1.807) is 13.8 Å². The summed E-state index contributed by atoms with van der Waals surface area (Å²) >= 11 is 0. The van der Waals surface area contributed by atoms with E-state index in [1.807, 2.05) is 20.8 Å². The summed E-state index contributed by atoms with van der Waals surface area (Å²) < 4.78 is 18.8. The van der Waals surface area contributed by atoms with Crippen LogP contribution in [-0.2, 0) is 19.0 Å². The van der Waals surface area contributed by atoms with Gasteiger partial charge in [0.2, 0.25) is 5.91 Å². The third-order valence-corrected chi connectivity index (χ3v) is 7.80. The van der Waals surface area contributed by atoms with Gasteiger partial charge in [-0.15, -0.1) is 0 Å². The van der Waals surface area contributed by atoms with E-state index < -0.39 is 91.2 Å². The lowest BCUT2D eigenvalue weighted by Crippen LogP contribution is -2.73. The largest absolute Gasteiger partial charge is 0.394 e. The summed E-state index contributed by atoms with van der Waals surface area (Å²) in [7, 11) is 0. The van der Waals surface area contributed by atoms with Gasteiger partial charge in [-0.05, 0) is 26.7 Å². The fourth-order valence-electron chi connectivity index (χ4n) is 5.66. The van der Waals surface area contributed by atoms with Crippen LogP contribution >= 0.6 is 0 Å². The van der Waals surface area contributed by atoms with E-state index in [0.29, 0.717) is 12.8 Å². The fourth-order valence-corrected chi connectivity index (χ4v) is 5.66. The first-order chi connectivity index (χ1) is 17.7. The van der Waals surface area contributed by atoms with Crippen LogP contribution in [0.5, 0.6) is 0 Å².